The molecule has 0 amide bonds. The molecule has 0 unspecified atom stereocenters. The van der Waals surface area contributed by atoms with E-state index in [-0.39, 0.29) is 5.75 Å². The van der Waals surface area contributed by atoms with Crippen LogP contribution in [0.5, 0.6) is 5.75 Å². The van der Waals surface area contributed by atoms with E-state index in [1.54, 1.807) is 18.3 Å². The third-order valence-electron chi connectivity index (χ3n) is 3.73. The van der Waals surface area contributed by atoms with Gasteiger partial charge in [-0.05, 0) is 18.2 Å². The normalized spacial score (nSPS) is 16.0. The molecule has 8 heteroatoms. The lowest BCUT2D eigenvalue weighted by Gasteiger charge is -2.35. The number of hydrogen-bond acceptors (Lipinski definition) is 6. The Morgan fingerprint density at radius 2 is 1.95 bits per heavy atom. The molecule has 7 nitrogen and oxygen atoms in total. The summed E-state index contributed by atoms with van der Waals surface area (Å²) in [5, 5.41) is 18.1. The first-order valence-corrected chi connectivity index (χ1v) is 7.37. The van der Waals surface area contributed by atoms with Crippen molar-refractivity contribution in [3.8, 4) is 5.75 Å². The molecule has 0 saturated carbocycles. The number of piperazine rings is 1. The fourth-order valence-corrected chi connectivity index (χ4v) is 2.59. The lowest BCUT2D eigenvalue weighted by Crippen LogP contribution is -2.46. The van der Waals surface area contributed by atoms with Crippen molar-refractivity contribution in [3.63, 3.8) is 0 Å². The van der Waals surface area contributed by atoms with Gasteiger partial charge >= 0.3 is 0 Å². The van der Waals surface area contributed by atoms with Crippen LogP contribution in [0.1, 0.15) is 5.56 Å². The first kappa shape index (κ1) is 14.8. The van der Waals surface area contributed by atoms with Gasteiger partial charge in [-0.2, -0.15) is 0 Å². The Bertz CT molecular complexity index is 695. The maximum absolute atomic E-state index is 11.4. The molecule has 3 heterocycles. The lowest BCUT2D eigenvalue weighted by molar-refractivity contribution is 0.245. The summed E-state index contributed by atoms with van der Waals surface area (Å²) in [6.45, 7) is 3.80. The zero-order valence-electron chi connectivity index (χ0n) is 11.9. The average molecular weight is 322 g/mol. The van der Waals surface area contributed by atoms with Gasteiger partial charge in [-0.15, -0.1) is 10.2 Å². The highest BCUT2D eigenvalue weighted by molar-refractivity contribution is 6.29. The molecule has 0 aromatic carbocycles. The lowest BCUT2D eigenvalue weighted by atomic mass is 10.2. The monoisotopic (exact) mass is 321 g/mol. The zero-order chi connectivity index (χ0) is 15.5. The number of halogens is 1. The topological polar surface area (TPSA) is 85.4 Å². The number of hydrogen-bond donors (Lipinski definition) is 2. The van der Waals surface area contributed by atoms with Crippen molar-refractivity contribution in [2.24, 2.45) is 0 Å². The predicted molar refractivity (Wildman–Crippen MR) is 83.3 cm³/mol. The summed E-state index contributed by atoms with van der Waals surface area (Å²) in [5.74, 6) is 0.608. The number of aromatic amines is 1. The summed E-state index contributed by atoms with van der Waals surface area (Å²) in [4.78, 5) is 18.2. The number of H-pyrrole nitrogens is 1. The van der Waals surface area contributed by atoms with Crippen LogP contribution < -0.4 is 10.5 Å². The van der Waals surface area contributed by atoms with E-state index in [0.717, 1.165) is 32.0 Å². The summed E-state index contributed by atoms with van der Waals surface area (Å²) in [7, 11) is 0. The number of aromatic hydroxyl groups is 1. The zero-order valence-corrected chi connectivity index (χ0v) is 12.6. The Kier molecular flexibility index (Phi) is 4.26. The van der Waals surface area contributed by atoms with Crippen LogP contribution >= 0.6 is 11.6 Å². The summed E-state index contributed by atoms with van der Waals surface area (Å²) >= 11 is 5.74. The average Bonchev–Trinajstić information content (AvgIpc) is 2.53. The van der Waals surface area contributed by atoms with Crippen LogP contribution in [0.25, 0.3) is 0 Å². The van der Waals surface area contributed by atoms with E-state index < -0.39 is 5.56 Å². The molecule has 2 N–H and O–H groups in total. The number of nitrogens with zero attached hydrogens (tertiary/aromatic N) is 4. The van der Waals surface area contributed by atoms with Crippen LogP contribution in [0, 0.1) is 0 Å². The minimum absolute atomic E-state index is 0.200. The van der Waals surface area contributed by atoms with Gasteiger partial charge < -0.3 is 15.0 Å². The summed E-state index contributed by atoms with van der Waals surface area (Å²) in [6.07, 6.45) is 1.55. The maximum atomic E-state index is 11.4. The standard InChI is InChI=1S/C14H16ClN5O2/c15-11-1-2-12(18-17-11)20-7-5-19(6-8-20)9-10-3-4-16-14(22)13(10)21/h1-4,21H,5-9H2,(H,16,22). The molecule has 1 fully saturated rings. The first-order chi connectivity index (χ1) is 10.6. The highest BCUT2D eigenvalue weighted by Gasteiger charge is 2.19. The quantitative estimate of drug-likeness (QED) is 0.871. The molecular formula is C14H16ClN5O2. The third-order valence-corrected chi connectivity index (χ3v) is 3.93. The van der Waals surface area contributed by atoms with Crippen LogP contribution in [-0.4, -0.2) is 51.4 Å². The molecule has 1 aliphatic heterocycles. The van der Waals surface area contributed by atoms with Gasteiger partial charge in [0.25, 0.3) is 5.56 Å². The smallest absolute Gasteiger partial charge is 0.290 e. The van der Waals surface area contributed by atoms with Crippen molar-refractivity contribution in [1.82, 2.24) is 20.1 Å². The molecule has 0 radical (unpaired) electrons. The highest BCUT2D eigenvalue weighted by Crippen LogP contribution is 2.17. The molecule has 2 aromatic rings. The Hall–Kier alpha value is -2.12. The fourth-order valence-electron chi connectivity index (χ4n) is 2.49. The molecule has 22 heavy (non-hydrogen) atoms. The van der Waals surface area contributed by atoms with E-state index in [1.165, 1.54) is 0 Å². The van der Waals surface area contributed by atoms with Crippen LogP contribution in [0.3, 0.4) is 0 Å². The molecule has 0 aliphatic carbocycles. The SMILES string of the molecule is O=c1[nH]ccc(CN2CCN(c3ccc(Cl)nn3)CC2)c1O. The van der Waals surface area contributed by atoms with Gasteiger partial charge in [0.15, 0.2) is 16.7 Å². The molecule has 3 rings (SSSR count). The van der Waals surface area contributed by atoms with E-state index in [4.69, 9.17) is 11.6 Å². The number of aromatic nitrogens is 3. The van der Waals surface area contributed by atoms with E-state index in [9.17, 15) is 9.90 Å². The molecular weight excluding hydrogens is 306 g/mol. The van der Waals surface area contributed by atoms with Gasteiger partial charge in [-0.25, -0.2) is 0 Å². The number of nitrogens with one attached hydrogen (secondary N) is 1. The Morgan fingerprint density at radius 1 is 1.18 bits per heavy atom. The predicted octanol–water partition coefficient (Wildman–Crippen LogP) is 0.846. The van der Waals surface area contributed by atoms with Gasteiger partial charge in [0.05, 0.1) is 0 Å². The molecule has 0 atom stereocenters. The van der Waals surface area contributed by atoms with E-state index in [2.05, 4.69) is 25.0 Å². The fraction of sp³-hybridized carbons (Fsp3) is 0.357. The van der Waals surface area contributed by atoms with Crippen LogP contribution in [0.4, 0.5) is 5.82 Å². The molecule has 1 aliphatic rings. The molecule has 1 saturated heterocycles. The summed E-state index contributed by atoms with van der Waals surface area (Å²) in [6, 6.07) is 5.31. The van der Waals surface area contributed by atoms with Crippen LogP contribution in [0.15, 0.2) is 29.2 Å². The second-order valence-electron chi connectivity index (χ2n) is 5.16. The van der Waals surface area contributed by atoms with Crippen molar-refractivity contribution in [2.45, 2.75) is 6.54 Å². The number of anilines is 1. The Morgan fingerprint density at radius 3 is 2.64 bits per heavy atom. The van der Waals surface area contributed by atoms with Gasteiger partial charge in [0.1, 0.15) is 0 Å². The van der Waals surface area contributed by atoms with E-state index >= 15 is 0 Å². The molecule has 0 spiro atoms. The molecule has 0 bridgehead atoms. The van der Waals surface area contributed by atoms with Gasteiger partial charge in [-0.1, -0.05) is 11.6 Å². The van der Waals surface area contributed by atoms with Crippen LogP contribution in [0.2, 0.25) is 5.15 Å². The first-order valence-electron chi connectivity index (χ1n) is 6.99. The summed E-state index contributed by atoms with van der Waals surface area (Å²) < 4.78 is 0. The van der Waals surface area contributed by atoms with Crippen LogP contribution in [-0.2, 0) is 6.54 Å². The van der Waals surface area contributed by atoms with Crippen molar-refractivity contribution >= 4 is 17.4 Å². The second-order valence-corrected chi connectivity index (χ2v) is 5.55. The van der Waals surface area contributed by atoms with Gasteiger partial charge in [-0.3, -0.25) is 9.69 Å². The van der Waals surface area contributed by atoms with Crippen molar-refractivity contribution in [1.29, 1.82) is 0 Å². The van der Waals surface area contributed by atoms with E-state index in [0.29, 0.717) is 17.3 Å². The highest BCUT2D eigenvalue weighted by atomic mass is 35.5. The Labute approximate surface area is 132 Å². The Balaban J connectivity index is 1.61. The van der Waals surface area contributed by atoms with Crippen molar-refractivity contribution in [3.05, 3.63) is 45.5 Å². The second kappa shape index (κ2) is 6.33. The molecule has 2 aromatic heterocycles. The number of rotatable bonds is 3. The summed E-state index contributed by atoms with van der Waals surface area (Å²) in [5.41, 5.74) is 0.191. The third kappa shape index (κ3) is 3.20. The van der Waals surface area contributed by atoms with Gasteiger partial charge in [0.2, 0.25) is 0 Å². The largest absolute Gasteiger partial charge is 0.503 e. The van der Waals surface area contributed by atoms with Gasteiger partial charge in [0, 0.05) is 44.5 Å². The minimum atomic E-state index is -0.451. The van der Waals surface area contributed by atoms with Crippen molar-refractivity contribution < 1.29 is 5.11 Å². The minimum Gasteiger partial charge on any atom is -0.503 e. The maximum Gasteiger partial charge on any atom is 0.290 e. The number of pyridine rings is 1. The van der Waals surface area contributed by atoms with E-state index in [1.807, 2.05) is 6.07 Å². The molecule has 116 valence electrons. The van der Waals surface area contributed by atoms with Crippen molar-refractivity contribution in [2.75, 3.05) is 31.1 Å².